The zero-order chi connectivity index (χ0) is 20.7. The predicted octanol–water partition coefficient (Wildman–Crippen LogP) is 1.47. The van der Waals surface area contributed by atoms with Crippen LogP contribution in [0.25, 0.3) is 0 Å². The van der Waals surface area contributed by atoms with Gasteiger partial charge in [-0.05, 0) is 38.0 Å². The molecular formula is C20H30N4O4. The van der Waals surface area contributed by atoms with Crippen LogP contribution in [-0.2, 0) is 14.3 Å². The summed E-state index contributed by atoms with van der Waals surface area (Å²) in [5, 5.41) is 2.87. The highest BCUT2D eigenvalue weighted by atomic mass is 16.6. The van der Waals surface area contributed by atoms with E-state index in [4.69, 9.17) is 4.74 Å². The van der Waals surface area contributed by atoms with E-state index in [-0.39, 0.29) is 31.0 Å². The lowest BCUT2D eigenvalue weighted by atomic mass is 10.1. The lowest BCUT2D eigenvalue weighted by Crippen LogP contribution is -2.51. The van der Waals surface area contributed by atoms with Crippen molar-refractivity contribution in [2.75, 3.05) is 58.2 Å². The topological polar surface area (TPSA) is 82.2 Å². The van der Waals surface area contributed by atoms with Gasteiger partial charge in [0.25, 0.3) is 0 Å². The van der Waals surface area contributed by atoms with E-state index < -0.39 is 0 Å². The van der Waals surface area contributed by atoms with Crippen molar-refractivity contribution in [1.29, 1.82) is 0 Å². The molecule has 1 heterocycles. The number of likely N-dealkylation sites (N-methyl/N-ethyl adjacent to an activating group) is 1. The third-order valence-electron chi connectivity index (χ3n) is 4.73. The molecule has 0 atom stereocenters. The maximum atomic E-state index is 12.4. The molecule has 1 aromatic rings. The Morgan fingerprint density at radius 1 is 1.14 bits per heavy atom. The van der Waals surface area contributed by atoms with Gasteiger partial charge in [-0.25, -0.2) is 4.79 Å². The first-order chi connectivity index (χ1) is 13.3. The van der Waals surface area contributed by atoms with E-state index >= 15 is 0 Å². The second-order valence-corrected chi connectivity index (χ2v) is 7.08. The molecule has 3 amide bonds. The highest BCUT2D eigenvalue weighted by Crippen LogP contribution is 2.16. The van der Waals surface area contributed by atoms with Crippen molar-refractivity contribution in [1.82, 2.24) is 14.7 Å². The number of nitrogens with zero attached hydrogens (tertiary/aromatic N) is 3. The van der Waals surface area contributed by atoms with E-state index in [1.165, 1.54) is 4.90 Å². The molecule has 0 spiro atoms. The van der Waals surface area contributed by atoms with Crippen molar-refractivity contribution in [3.05, 3.63) is 29.3 Å². The van der Waals surface area contributed by atoms with Gasteiger partial charge >= 0.3 is 6.09 Å². The first kappa shape index (κ1) is 21.7. The highest BCUT2D eigenvalue weighted by Gasteiger charge is 2.24. The van der Waals surface area contributed by atoms with E-state index in [0.29, 0.717) is 32.8 Å². The minimum Gasteiger partial charge on any atom is -0.450 e. The van der Waals surface area contributed by atoms with Crippen LogP contribution in [0, 0.1) is 13.8 Å². The summed E-state index contributed by atoms with van der Waals surface area (Å²) in [4.78, 5) is 41.5. The molecule has 1 fully saturated rings. The van der Waals surface area contributed by atoms with Gasteiger partial charge < -0.3 is 19.9 Å². The molecule has 1 aliphatic heterocycles. The third-order valence-corrected chi connectivity index (χ3v) is 4.73. The standard InChI is InChI=1S/C20H30N4O4/c1-5-28-20(27)24-10-8-23(9-11-24)14-19(26)22(4)13-18(25)21-17-12-15(2)6-7-16(17)3/h6-7,12H,5,8-11,13-14H2,1-4H3,(H,21,25). The molecule has 28 heavy (non-hydrogen) atoms. The molecule has 0 aromatic heterocycles. The summed E-state index contributed by atoms with van der Waals surface area (Å²) in [5.41, 5.74) is 2.81. The van der Waals surface area contributed by atoms with Crippen LogP contribution in [0.3, 0.4) is 0 Å². The van der Waals surface area contributed by atoms with Crippen LogP contribution < -0.4 is 5.32 Å². The number of carbonyl (C=O) groups is 3. The second-order valence-electron chi connectivity index (χ2n) is 7.08. The summed E-state index contributed by atoms with van der Waals surface area (Å²) in [7, 11) is 1.62. The largest absolute Gasteiger partial charge is 0.450 e. The number of nitrogens with one attached hydrogen (secondary N) is 1. The van der Waals surface area contributed by atoms with Gasteiger partial charge in [0.1, 0.15) is 0 Å². The van der Waals surface area contributed by atoms with Crippen LogP contribution in [0.1, 0.15) is 18.1 Å². The summed E-state index contributed by atoms with van der Waals surface area (Å²) >= 11 is 0. The molecule has 1 aromatic carbocycles. The van der Waals surface area contributed by atoms with Crippen molar-refractivity contribution < 1.29 is 19.1 Å². The Labute approximate surface area is 166 Å². The number of piperazine rings is 1. The SMILES string of the molecule is CCOC(=O)N1CCN(CC(=O)N(C)CC(=O)Nc2cc(C)ccc2C)CC1. The Kier molecular flexibility index (Phi) is 7.80. The number of hydrogen-bond acceptors (Lipinski definition) is 5. The van der Waals surface area contributed by atoms with Crippen LogP contribution in [0.5, 0.6) is 0 Å². The van der Waals surface area contributed by atoms with Gasteiger partial charge in [0.05, 0.1) is 19.7 Å². The number of amides is 3. The first-order valence-corrected chi connectivity index (χ1v) is 9.55. The Bertz CT molecular complexity index is 714. The molecule has 1 aliphatic rings. The fourth-order valence-corrected chi connectivity index (χ4v) is 2.98. The Morgan fingerprint density at radius 2 is 1.82 bits per heavy atom. The van der Waals surface area contributed by atoms with Crippen molar-refractivity contribution in [2.24, 2.45) is 0 Å². The average molecular weight is 390 g/mol. The van der Waals surface area contributed by atoms with Crippen molar-refractivity contribution in [3.8, 4) is 0 Å². The lowest BCUT2D eigenvalue weighted by molar-refractivity contribution is -0.134. The van der Waals surface area contributed by atoms with E-state index in [2.05, 4.69) is 5.32 Å². The van der Waals surface area contributed by atoms with Crippen molar-refractivity contribution in [2.45, 2.75) is 20.8 Å². The number of rotatable bonds is 6. The number of hydrogen-bond donors (Lipinski definition) is 1. The third kappa shape index (κ3) is 6.23. The van der Waals surface area contributed by atoms with E-state index in [1.54, 1.807) is 18.9 Å². The maximum absolute atomic E-state index is 12.4. The van der Waals surface area contributed by atoms with Crippen LogP contribution in [0.15, 0.2) is 18.2 Å². The van der Waals surface area contributed by atoms with Crippen molar-refractivity contribution in [3.63, 3.8) is 0 Å². The van der Waals surface area contributed by atoms with Crippen LogP contribution in [0.2, 0.25) is 0 Å². The molecule has 0 aliphatic carbocycles. The lowest BCUT2D eigenvalue weighted by Gasteiger charge is -2.34. The molecule has 8 nitrogen and oxygen atoms in total. The number of ether oxygens (including phenoxy) is 1. The summed E-state index contributed by atoms with van der Waals surface area (Å²) in [6, 6.07) is 5.86. The van der Waals surface area contributed by atoms with E-state index in [9.17, 15) is 14.4 Å². The minimum atomic E-state index is -0.311. The summed E-state index contributed by atoms with van der Waals surface area (Å²) in [5.74, 6) is -0.350. The Morgan fingerprint density at radius 3 is 2.46 bits per heavy atom. The Balaban J connectivity index is 1.77. The quantitative estimate of drug-likeness (QED) is 0.796. The number of benzene rings is 1. The maximum Gasteiger partial charge on any atom is 0.409 e. The van der Waals surface area contributed by atoms with Gasteiger partial charge in [-0.3, -0.25) is 14.5 Å². The predicted molar refractivity (Wildman–Crippen MR) is 107 cm³/mol. The zero-order valence-corrected chi connectivity index (χ0v) is 17.2. The van der Waals surface area contributed by atoms with Crippen molar-refractivity contribution >= 4 is 23.6 Å². The summed E-state index contributed by atoms with van der Waals surface area (Å²) in [6.45, 7) is 8.52. The van der Waals surface area contributed by atoms with E-state index in [1.807, 2.05) is 36.9 Å². The highest BCUT2D eigenvalue weighted by molar-refractivity contribution is 5.95. The summed E-state index contributed by atoms with van der Waals surface area (Å²) < 4.78 is 4.99. The van der Waals surface area contributed by atoms with Gasteiger partial charge in [0, 0.05) is 38.9 Å². The molecule has 1 N–H and O–H groups in total. The number of aryl methyl sites for hydroxylation is 2. The van der Waals surface area contributed by atoms with Gasteiger partial charge in [-0.2, -0.15) is 0 Å². The molecule has 0 radical (unpaired) electrons. The molecule has 0 unspecified atom stereocenters. The van der Waals surface area contributed by atoms with Crippen LogP contribution in [-0.4, -0.2) is 85.5 Å². The van der Waals surface area contributed by atoms with E-state index in [0.717, 1.165) is 16.8 Å². The second kappa shape index (κ2) is 10.1. The molecule has 2 rings (SSSR count). The smallest absolute Gasteiger partial charge is 0.409 e. The molecule has 1 saturated heterocycles. The normalized spacial score (nSPS) is 14.5. The Hall–Kier alpha value is -2.61. The molecule has 8 heteroatoms. The molecular weight excluding hydrogens is 360 g/mol. The zero-order valence-electron chi connectivity index (χ0n) is 17.2. The number of carbonyl (C=O) groups excluding carboxylic acids is 3. The molecule has 0 bridgehead atoms. The first-order valence-electron chi connectivity index (χ1n) is 9.55. The van der Waals surface area contributed by atoms with Gasteiger partial charge in [-0.1, -0.05) is 12.1 Å². The molecule has 0 saturated carbocycles. The number of anilines is 1. The minimum absolute atomic E-state index is 0.00495. The van der Waals surface area contributed by atoms with Gasteiger partial charge in [-0.15, -0.1) is 0 Å². The average Bonchev–Trinajstić information content (AvgIpc) is 2.65. The fourth-order valence-electron chi connectivity index (χ4n) is 2.98. The fraction of sp³-hybridized carbons (Fsp3) is 0.550. The molecule has 154 valence electrons. The van der Waals surface area contributed by atoms with Crippen LogP contribution >= 0.6 is 0 Å². The van der Waals surface area contributed by atoms with Gasteiger partial charge in [0.2, 0.25) is 11.8 Å². The monoisotopic (exact) mass is 390 g/mol. The van der Waals surface area contributed by atoms with Gasteiger partial charge in [0.15, 0.2) is 0 Å². The van der Waals surface area contributed by atoms with Crippen LogP contribution in [0.4, 0.5) is 10.5 Å². The summed E-state index contributed by atoms with van der Waals surface area (Å²) in [6.07, 6.45) is -0.311.